The van der Waals surface area contributed by atoms with E-state index in [-0.39, 0.29) is 5.91 Å². The largest absolute Gasteiger partial charge is 0.383 e. The summed E-state index contributed by atoms with van der Waals surface area (Å²) in [6.45, 7) is 4.98. The molecule has 6 heteroatoms. The first-order valence-electron chi connectivity index (χ1n) is 8.12. The molecule has 0 aliphatic carbocycles. The zero-order chi connectivity index (χ0) is 16.8. The Kier molecular flexibility index (Phi) is 6.36. The number of likely N-dealkylation sites (tertiary alicyclic amines) is 1. The van der Waals surface area contributed by atoms with E-state index < -0.39 is 0 Å². The van der Waals surface area contributed by atoms with Gasteiger partial charge >= 0.3 is 0 Å². The molecule has 23 heavy (non-hydrogen) atoms. The number of nitrogens with zero attached hydrogens (tertiary/aromatic N) is 4. The molecule has 0 spiro atoms. The topological polar surface area (TPSA) is 48.9 Å². The fourth-order valence-electron chi connectivity index (χ4n) is 2.95. The summed E-state index contributed by atoms with van der Waals surface area (Å²) in [5.74, 6) is 1.42. The number of ether oxygens (including phenoxy) is 1. The Bertz CT molecular complexity index is 521. The number of rotatable bonds is 7. The Hall–Kier alpha value is -1.66. The van der Waals surface area contributed by atoms with Gasteiger partial charge in [-0.2, -0.15) is 0 Å². The molecular formula is C17H28N4O2. The minimum absolute atomic E-state index is 0.0631. The second-order valence-electron chi connectivity index (χ2n) is 6.41. The summed E-state index contributed by atoms with van der Waals surface area (Å²) >= 11 is 0. The van der Waals surface area contributed by atoms with E-state index in [4.69, 9.17) is 4.74 Å². The van der Waals surface area contributed by atoms with Gasteiger partial charge in [0.05, 0.1) is 6.61 Å². The van der Waals surface area contributed by atoms with Crippen molar-refractivity contribution < 1.29 is 9.53 Å². The van der Waals surface area contributed by atoms with E-state index in [9.17, 15) is 4.79 Å². The molecule has 1 unspecified atom stereocenters. The number of hydrogen-bond donors (Lipinski definition) is 0. The van der Waals surface area contributed by atoms with Gasteiger partial charge in [-0.3, -0.25) is 4.79 Å². The molecule has 1 fully saturated rings. The lowest BCUT2D eigenvalue weighted by atomic mass is 10.1. The molecule has 0 radical (unpaired) electrons. The average Bonchev–Trinajstić information content (AvgIpc) is 2.99. The summed E-state index contributed by atoms with van der Waals surface area (Å²) in [6.07, 6.45) is 1.20. The van der Waals surface area contributed by atoms with Crippen LogP contribution in [0.2, 0.25) is 0 Å². The van der Waals surface area contributed by atoms with E-state index in [0.29, 0.717) is 11.6 Å². The van der Waals surface area contributed by atoms with Gasteiger partial charge in [0, 0.05) is 47.9 Å². The van der Waals surface area contributed by atoms with Crippen molar-refractivity contribution >= 4 is 11.7 Å². The Labute approximate surface area is 139 Å². The average molecular weight is 320 g/mol. The maximum absolute atomic E-state index is 12.0. The van der Waals surface area contributed by atoms with Crippen molar-refractivity contribution in [3.63, 3.8) is 0 Å². The fraction of sp³-hybridized carbons (Fsp3) is 0.647. The second-order valence-corrected chi connectivity index (χ2v) is 6.41. The van der Waals surface area contributed by atoms with Crippen LogP contribution in [-0.2, 0) is 4.74 Å². The molecule has 1 aliphatic rings. The van der Waals surface area contributed by atoms with Crippen LogP contribution < -0.4 is 4.90 Å². The molecule has 0 saturated carbocycles. The molecule has 0 N–H and O–H groups in total. The number of amides is 1. The molecule has 1 aromatic rings. The number of aromatic nitrogens is 1. The SMILES string of the molecule is COCCN1CCC(CN(C)c2cccc(C(=O)N(C)C)n2)C1. The number of methoxy groups -OCH3 is 1. The molecule has 128 valence electrons. The molecule has 6 nitrogen and oxygen atoms in total. The number of carbonyl (C=O) groups excluding carboxylic acids is 1. The lowest BCUT2D eigenvalue weighted by Gasteiger charge is -2.23. The highest BCUT2D eigenvalue weighted by atomic mass is 16.5. The molecule has 0 bridgehead atoms. The van der Waals surface area contributed by atoms with Crippen LogP contribution in [0.15, 0.2) is 18.2 Å². The third-order valence-corrected chi connectivity index (χ3v) is 4.26. The number of hydrogen-bond acceptors (Lipinski definition) is 5. The van der Waals surface area contributed by atoms with E-state index in [1.165, 1.54) is 6.42 Å². The summed E-state index contributed by atoms with van der Waals surface area (Å²) in [4.78, 5) is 22.7. The Balaban J connectivity index is 1.92. The minimum Gasteiger partial charge on any atom is -0.383 e. The van der Waals surface area contributed by atoms with Gasteiger partial charge in [0.15, 0.2) is 0 Å². The van der Waals surface area contributed by atoms with E-state index >= 15 is 0 Å². The van der Waals surface area contributed by atoms with Crippen LogP contribution >= 0.6 is 0 Å². The molecule has 1 atom stereocenters. The van der Waals surface area contributed by atoms with Gasteiger partial charge in [-0.05, 0) is 31.0 Å². The highest BCUT2D eigenvalue weighted by Crippen LogP contribution is 2.19. The van der Waals surface area contributed by atoms with Gasteiger partial charge in [0.1, 0.15) is 11.5 Å². The molecule has 0 aromatic carbocycles. The molecule has 1 saturated heterocycles. The minimum atomic E-state index is -0.0631. The maximum Gasteiger partial charge on any atom is 0.272 e. The summed E-state index contributed by atoms with van der Waals surface area (Å²) in [5.41, 5.74) is 0.493. The number of pyridine rings is 1. The summed E-state index contributed by atoms with van der Waals surface area (Å²) in [5, 5.41) is 0. The zero-order valence-corrected chi connectivity index (χ0v) is 14.7. The first-order chi connectivity index (χ1) is 11.0. The predicted octanol–water partition coefficient (Wildman–Crippen LogP) is 1.19. The van der Waals surface area contributed by atoms with Crippen molar-refractivity contribution in [2.45, 2.75) is 6.42 Å². The van der Waals surface area contributed by atoms with Gasteiger partial charge in [-0.1, -0.05) is 6.07 Å². The summed E-state index contributed by atoms with van der Waals surface area (Å²) < 4.78 is 5.15. The van der Waals surface area contributed by atoms with Crippen LogP contribution in [0.5, 0.6) is 0 Å². The summed E-state index contributed by atoms with van der Waals surface area (Å²) in [7, 11) is 7.28. The number of anilines is 1. The van der Waals surface area contributed by atoms with Crippen molar-refractivity contribution in [3.05, 3.63) is 23.9 Å². The smallest absolute Gasteiger partial charge is 0.272 e. The monoisotopic (exact) mass is 320 g/mol. The van der Waals surface area contributed by atoms with Crippen LogP contribution in [0.1, 0.15) is 16.9 Å². The van der Waals surface area contributed by atoms with Crippen LogP contribution in [-0.4, -0.2) is 81.7 Å². The van der Waals surface area contributed by atoms with Crippen molar-refractivity contribution in [1.82, 2.24) is 14.8 Å². The third-order valence-electron chi connectivity index (χ3n) is 4.26. The van der Waals surface area contributed by atoms with Gasteiger partial charge in [0.2, 0.25) is 0 Å². The maximum atomic E-state index is 12.0. The second kappa shape index (κ2) is 8.26. The lowest BCUT2D eigenvalue weighted by Crippen LogP contribution is -2.30. The molecule has 1 amide bonds. The predicted molar refractivity (Wildman–Crippen MR) is 91.9 cm³/mol. The van der Waals surface area contributed by atoms with Crippen LogP contribution in [0, 0.1) is 5.92 Å². The van der Waals surface area contributed by atoms with E-state index in [1.54, 1.807) is 32.2 Å². The normalized spacial score (nSPS) is 18.2. The Morgan fingerprint density at radius 1 is 1.39 bits per heavy atom. The molecule has 2 heterocycles. The van der Waals surface area contributed by atoms with E-state index in [0.717, 1.165) is 38.6 Å². The standard InChI is InChI=1S/C17H28N4O2/c1-19(2)17(22)15-6-5-7-16(18-15)20(3)12-14-8-9-21(13-14)10-11-23-4/h5-7,14H,8-13H2,1-4H3. The molecular weight excluding hydrogens is 292 g/mol. The van der Waals surface area contributed by atoms with Gasteiger partial charge < -0.3 is 19.4 Å². The third kappa shape index (κ3) is 4.91. The fourth-order valence-corrected chi connectivity index (χ4v) is 2.95. The Morgan fingerprint density at radius 2 is 2.17 bits per heavy atom. The van der Waals surface area contributed by atoms with E-state index in [1.807, 2.05) is 19.2 Å². The van der Waals surface area contributed by atoms with Crippen LogP contribution in [0.3, 0.4) is 0 Å². The first-order valence-corrected chi connectivity index (χ1v) is 8.12. The van der Waals surface area contributed by atoms with Crippen molar-refractivity contribution in [3.8, 4) is 0 Å². The van der Waals surface area contributed by atoms with Crippen LogP contribution in [0.4, 0.5) is 5.82 Å². The van der Waals surface area contributed by atoms with E-state index in [2.05, 4.69) is 14.8 Å². The molecule has 1 aromatic heterocycles. The molecule has 1 aliphatic heterocycles. The highest BCUT2D eigenvalue weighted by Gasteiger charge is 2.23. The van der Waals surface area contributed by atoms with Crippen molar-refractivity contribution in [2.24, 2.45) is 5.92 Å². The number of carbonyl (C=O) groups is 1. The quantitative estimate of drug-likeness (QED) is 0.755. The lowest BCUT2D eigenvalue weighted by molar-refractivity contribution is 0.0822. The zero-order valence-electron chi connectivity index (χ0n) is 14.7. The molecule has 2 rings (SSSR count). The highest BCUT2D eigenvalue weighted by molar-refractivity contribution is 5.92. The van der Waals surface area contributed by atoms with Crippen molar-refractivity contribution in [2.75, 3.05) is 65.9 Å². The van der Waals surface area contributed by atoms with Gasteiger partial charge in [-0.25, -0.2) is 4.98 Å². The van der Waals surface area contributed by atoms with Gasteiger partial charge in [0.25, 0.3) is 5.91 Å². The Morgan fingerprint density at radius 3 is 2.87 bits per heavy atom. The van der Waals surface area contributed by atoms with Gasteiger partial charge in [-0.15, -0.1) is 0 Å². The van der Waals surface area contributed by atoms with Crippen molar-refractivity contribution in [1.29, 1.82) is 0 Å². The first kappa shape index (κ1) is 17.7. The van der Waals surface area contributed by atoms with Crippen LogP contribution in [0.25, 0.3) is 0 Å². The summed E-state index contributed by atoms with van der Waals surface area (Å²) in [6, 6.07) is 5.63.